The van der Waals surface area contributed by atoms with Gasteiger partial charge < -0.3 is 14.2 Å². The highest BCUT2D eigenvalue weighted by atomic mass is 16.6. The average molecular weight is 1150 g/mol. The van der Waals surface area contributed by atoms with Crippen LogP contribution in [0.25, 0.3) is 0 Å². The van der Waals surface area contributed by atoms with Crippen molar-refractivity contribution in [1.29, 1.82) is 0 Å². The van der Waals surface area contributed by atoms with Gasteiger partial charge in [-0.2, -0.15) is 0 Å². The van der Waals surface area contributed by atoms with E-state index in [1.54, 1.807) is 0 Å². The summed E-state index contributed by atoms with van der Waals surface area (Å²) in [7, 11) is 0. The predicted octanol–water partition coefficient (Wildman–Crippen LogP) is 24.6. The Hall–Kier alpha value is -3.93. The summed E-state index contributed by atoms with van der Waals surface area (Å²) in [5.41, 5.74) is 0. The summed E-state index contributed by atoms with van der Waals surface area (Å²) in [5.74, 6) is -0.965. The van der Waals surface area contributed by atoms with Crippen LogP contribution in [0.15, 0.2) is 109 Å². The van der Waals surface area contributed by atoms with Crippen molar-refractivity contribution < 1.29 is 28.6 Å². The summed E-state index contributed by atoms with van der Waals surface area (Å²) in [6.45, 7) is 6.43. The number of rotatable bonds is 64. The van der Waals surface area contributed by atoms with Crippen LogP contribution in [-0.4, -0.2) is 37.2 Å². The van der Waals surface area contributed by atoms with Gasteiger partial charge in [0, 0.05) is 19.3 Å². The van der Waals surface area contributed by atoms with Crippen molar-refractivity contribution in [3.8, 4) is 0 Å². The monoisotopic (exact) mass is 1150 g/mol. The molecule has 0 spiro atoms. The summed E-state index contributed by atoms with van der Waals surface area (Å²) in [6.07, 6.45) is 97.6. The van der Waals surface area contributed by atoms with Crippen LogP contribution in [0, 0.1) is 0 Å². The first-order chi connectivity index (χ1) is 41.0. The highest BCUT2D eigenvalue weighted by Gasteiger charge is 2.19. The molecule has 83 heavy (non-hydrogen) atoms. The third-order valence-corrected chi connectivity index (χ3v) is 15.3. The van der Waals surface area contributed by atoms with E-state index in [-0.39, 0.29) is 37.5 Å². The van der Waals surface area contributed by atoms with Crippen molar-refractivity contribution in [1.82, 2.24) is 0 Å². The van der Waals surface area contributed by atoms with Gasteiger partial charge in [-0.05, 0) is 83.5 Å². The largest absolute Gasteiger partial charge is 0.462 e. The van der Waals surface area contributed by atoms with Crippen LogP contribution in [0.4, 0.5) is 0 Å². The van der Waals surface area contributed by atoms with Crippen LogP contribution >= 0.6 is 0 Å². The molecule has 0 N–H and O–H groups in total. The Morgan fingerprint density at radius 2 is 0.470 bits per heavy atom. The Balaban J connectivity index is 4.06. The van der Waals surface area contributed by atoms with Crippen molar-refractivity contribution in [3.63, 3.8) is 0 Å². The van der Waals surface area contributed by atoms with Gasteiger partial charge in [0.05, 0.1) is 0 Å². The van der Waals surface area contributed by atoms with E-state index in [4.69, 9.17) is 14.2 Å². The zero-order chi connectivity index (χ0) is 59.9. The van der Waals surface area contributed by atoms with Crippen LogP contribution in [-0.2, 0) is 28.6 Å². The van der Waals surface area contributed by atoms with Crippen molar-refractivity contribution in [3.05, 3.63) is 109 Å². The number of hydrogen-bond donors (Lipinski definition) is 0. The summed E-state index contributed by atoms with van der Waals surface area (Å²) in [5, 5.41) is 0. The molecule has 0 aromatic carbocycles. The van der Waals surface area contributed by atoms with Gasteiger partial charge in [-0.15, -0.1) is 0 Å². The molecule has 1 atom stereocenters. The summed E-state index contributed by atoms with van der Waals surface area (Å²) < 4.78 is 16.7. The van der Waals surface area contributed by atoms with E-state index in [1.807, 2.05) is 0 Å². The second-order valence-corrected chi connectivity index (χ2v) is 23.4. The number of ether oxygens (including phenoxy) is 3. The maximum atomic E-state index is 12.8. The minimum Gasteiger partial charge on any atom is -0.462 e. The lowest BCUT2D eigenvalue weighted by molar-refractivity contribution is -0.167. The molecule has 0 aromatic heterocycles. The van der Waals surface area contributed by atoms with E-state index in [1.165, 1.54) is 180 Å². The van der Waals surface area contributed by atoms with Crippen LogP contribution in [0.3, 0.4) is 0 Å². The zero-order valence-corrected chi connectivity index (χ0v) is 54.7. The smallest absolute Gasteiger partial charge is 0.306 e. The van der Waals surface area contributed by atoms with Crippen LogP contribution in [0.5, 0.6) is 0 Å². The molecule has 6 heteroatoms. The maximum absolute atomic E-state index is 12.8. The first-order valence-electron chi connectivity index (χ1n) is 35.4. The molecule has 0 fully saturated rings. The topological polar surface area (TPSA) is 78.9 Å². The molecule has 0 rings (SSSR count). The molecule has 0 radical (unpaired) electrons. The molecule has 0 amide bonds. The summed E-state index contributed by atoms with van der Waals surface area (Å²) >= 11 is 0. The van der Waals surface area contributed by atoms with Gasteiger partial charge >= 0.3 is 17.9 Å². The molecular weight excluding hydrogens is 1020 g/mol. The van der Waals surface area contributed by atoms with E-state index in [9.17, 15) is 14.4 Å². The fraction of sp³-hybridized carbons (Fsp3) is 0.727. The lowest BCUT2D eigenvalue weighted by Gasteiger charge is -2.18. The van der Waals surface area contributed by atoms with Crippen molar-refractivity contribution in [2.45, 2.75) is 348 Å². The highest BCUT2D eigenvalue weighted by Crippen LogP contribution is 2.18. The van der Waals surface area contributed by atoms with Crippen molar-refractivity contribution >= 4 is 17.9 Å². The second-order valence-electron chi connectivity index (χ2n) is 23.4. The van der Waals surface area contributed by atoms with E-state index in [0.29, 0.717) is 19.3 Å². The van der Waals surface area contributed by atoms with E-state index in [2.05, 4.69) is 130 Å². The second kappa shape index (κ2) is 70.6. The van der Waals surface area contributed by atoms with Gasteiger partial charge in [0.25, 0.3) is 0 Å². The number of hydrogen-bond acceptors (Lipinski definition) is 6. The Morgan fingerprint density at radius 3 is 0.723 bits per heavy atom. The highest BCUT2D eigenvalue weighted by molar-refractivity contribution is 5.71. The Kier molecular flexibility index (Phi) is 67.2. The van der Waals surface area contributed by atoms with Gasteiger partial charge in [0.15, 0.2) is 6.10 Å². The number of carbonyl (C=O) groups excluding carboxylic acids is 3. The molecule has 0 aliphatic carbocycles. The molecule has 1 unspecified atom stereocenters. The van der Waals surface area contributed by atoms with E-state index < -0.39 is 6.10 Å². The van der Waals surface area contributed by atoms with E-state index >= 15 is 0 Å². The number of carbonyl (C=O) groups is 3. The molecular formula is C77H132O6. The SMILES string of the molecule is CC/C=C\C/C=C\C/C=C\C/C=C\C/C=C\C/C=C\C/C=C\C/C=C\C/C=C\CCCC(=O)OC(COC(=O)CCCCCCC)COC(=O)CCCCCCCCCCCCCCCCCCCCCCCCCCCCCCCCC. The van der Waals surface area contributed by atoms with Gasteiger partial charge in [0.2, 0.25) is 0 Å². The van der Waals surface area contributed by atoms with Gasteiger partial charge in [-0.3, -0.25) is 14.4 Å². The summed E-state index contributed by atoms with van der Waals surface area (Å²) in [6, 6.07) is 0. The summed E-state index contributed by atoms with van der Waals surface area (Å²) in [4.78, 5) is 38.0. The Bertz CT molecular complexity index is 1660. The fourth-order valence-electron chi connectivity index (χ4n) is 10.0. The molecule has 6 nitrogen and oxygen atoms in total. The van der Waals surface area contributed by atoms with Crippen LogP contribution in [0.2, 0.25) is 0 Å². The van der Waals surface area contributed by atoms with Crippen LogP contribution in [0.1, 0.15) is 342 Å². The molecule has 0 saturated carbocycles. The van der Waals surface area contributed by atoms with Gasteiger partial charge in [0.1, 0.15) is 13.2 Å². The van der Waals surface area contributed by atoms with Gasteiger partial charge in [-0.1, -0.05) is 348 Å². The van der Waals surface area contributed by atoms with Crippen molar-refractivity contribution in [2.24, 2.45) is 0 Å². The number of allylic oxidation sites excluding steroid dienone is 18. The number of unbranched alkanes of at least 4 members (excludes halogenated alkanes) is 35. The third-order valence-electron chi connectivity index (χ3n) is 15.3. The molecule has 0 heterocycles. The molecule has 0 aliphatic rings. The molecule has 0 aromatic rings. The molecule has 0 saturated heterocycles. The lowest BCUT2D eigenvalue weighted by atomic mass is 10.0. The molecule has 0 bridgehead atoms. The van der Waals surface area contributed by atoms with Gasteiger partial charge in [-0.25, -0.2) is 0 Å². The third kappa shape index (κ3) is 68.7. The minimum atomic E-state index is -0.806. The first kappa shape index (κ1) is 79.1. The Labute approximate surface area is 514 Å². The first-order valence-corrected chi connectivity index (χ1v) is 35.4. The lowest BCUT2D eigenvalue weighted by Crippen LogP contribution is -2.30. The fourth-order valence-corrected chi connectivity index (χ4v) is 10.0. The maximum Gasteiger partial charge on any atom is 0.306 e. The minimum absolute atomic E-state index is 0.0993. The normalized spacial score (nSPS) is 12.8. The van der Waals surface area contributed by atoms with E-state index in [0.717, 1.165) is 116 Å². The predicted molar refractivity (Wildman–Crippen MR) is 362 cm³/mol. The standard InChI is InChI=1S/C77H132O6/c1-4-7-10-13-15-17-19-21-23-25-27-29-31-33-35-37-38-40-41-43-45-47-49-51-53-55-57-59-61-64-67-70-76(79)82-73-74(72-81-75(78)69-66-63-12-9-6-3)83-77(80)71-68-65-62-60-58-56-54-52-50-48-46-44-42-39-36-34-32-30-28-26-24-22-20-18-16-14-11-8-5-2/h8,11,16,18,22,24,28,30,34,36,42,44,48,50,54,56,60,62,74H,4-7,9-10,12-15,17,19-21,23,25-27,29,31-33,35,37-41,43,45-47,49,51-53,55,57-59,61,63-73H2,1-3H3/b11-8-,18-16-,24-22-,30-28-,36-34-,44-42-,50-48-,56-54-,62-60-. The quantitative estimate of drug-likeness (QED) is 0.0261. The zero-order valence-electron chi connectivity index (χ0n) is 54.7. The number of esters is 3. The molecule has 0 aliphatic heterocycles. The molecule has 476 valence electrons. The van der Waals surface area contributed by atoms with Crippen LogP contribution < -0.4 is 0 Å². The average Bonchev–Trinajstić information content (AvgIpc) is 3.48. The van der Waals surface area contributed by atoms with Crippen molar-refractivity contribution in [2.75, 3.05) is 13.2 Å². The Morgan fingerprint density at radius 1 is 0.253 bits per heavy atom.